The second kappa shape index (κ2) is 10.3. The average molecular weight is 343 g/mol. The van der Waals surface area contributed by atoms with E-state index in [9.17, 15) is 9.59 Å². The van der Waals surface area contributed by atoms with Crippen LogP contribution in [0, 0.1) is 0 Å². The monoisotopic (exact) mass is 343 g/mol. The summed E-state index contributed by atoms with van der Waals surface area (Å²) in [7, 11) is 0. The summed E-state index contributed by atoms with van der Waals surface area (Å²) < 4.78 is 10.2. The minimum absolute atomic E-state index is 0.0707. The predicted octanol–water partition coefficient (Wildman–Crippen LogP) is 1.59. The highest BCUT2D eigenvalue weighted by atomic mass is 16.6. The van der Waals surface area contributed by atoms with Gasteiger partial charge in [-0.3, -0.25) is 0 Å². The summed E-state index contributed by atoms with van der Waals surface area (Å²) in [6.45, 7) is 16.9. The van der Waals surface area contributed by atoms with Crippen LogP contribution in [0.3, 0.4) is 0 Å². The van der Waals surface area contributed by atoms with Crippen molar-refractivity contribution in [2.24, 2.45) is 0 Å². The Hall–Kier alpha value is -1.60. The SMILES string of the molecule is C=CC(=O)OCCNC(=O)OC(CNC(C)(C)C)CNC(C)(C)C. The van der Waals surface area contributed by atoms with Gasteiger partial charge < -0.3 is 25.4 Å². The summed E-state index contributed by atoms with van der Waals surface area (Å²) in [6, 6.07) is 0. The molecule has 0 aliphatic carbocycles. The molecule has 1 amide bonds. The molecule has 0 saturated carbocycles. The Labute approximate surface area is 145 Å². The van der Waals surface area contributed by atoms with Crippen molar-refractivity contribution in [2.45, 2.75) is 58.7 Å². The summed E-state index contributed by atoms with van der Waals surface area (Å²) in [5, 5.41) is 9.21. The molecule has 0 heterocycles. The van der Waals surface area contributed by atoms with E-state index in [1.54, 1.807) is 0 Å². The first kappa shape index (κ1) is 22.4. The molecule has 7 heteroatoms. The van der Waals surface area contributed by atoms with Gasteiger partial charge in [0.2, 0.25) is 0 Å². The van der Waals surface area contributed by atoms with Crippen molar-refractivity contribution in [1.82, 2.24) is 16.0 Å². The van der Waals surface area contributed by atoms with E-state index in [-0.39, 0.29) is 30.3 Å². The molecule has 0 aromatic rings. The van der Waals surface area contributed by atoms with E-state index in [1.165, 1.54) is 0 Å². The molecule has 0 aromatic heterocycles. The largest absolute Gasteiger partial charge is 0.461 e. The number of hydrogen-bond donors (Lipinski definition) is 3. The van der Waals surface area contributed by atoms with Crippen molar-refractivity contribution >= 4 is 12.1 Å². The fourth-order valence-electron chi connectivity index (χ4n) is 1.55. The fourth-order valence-corrected chi connectivity index (χ4v) is 1.55. The quantitative estimate of drug-likeness (QED) is 0.335. The molecule has 3 N–H and O–H groups in total. The molecule has 0 radical (unpaired) electrons. The molecule has 0 aliphatic heterocycles. The number of ether oxygens (including phenoxy) is 2. The molecular weight excluding hydrogens is 310 g/mol. The normalized spacial score (nSPS) is 12.0. The van der Waals surface area contributed by atoms with E-state index in [1.807, 2.05) is 0 Å². The van der Waals surface area contributed by atoms with Crippen LogP contribution in [0.1, 0.15) is 41.5 Å². The highest BCUT2D eigenvalue weighted by Crippen LogP contribution is 2.03. The smallest absolute Gasteiger partial charge is 0.407 e. The summed E-state index contributed by atoms with van der Waals surface area (Å²) in [6.07, 6.45) is 0.213. The van der Waals surface area contributed by atoms with Crippen LogP contribution in [0.4, 0.5) is 4.79 Å². The number of esters is 1. The number of nitrogens with one attached hydrogen (secondary N) is 3. The zero-order valence-electron chi connectivity index (χ0n) is 15.8. The Morgan fingerprint density at radius 1 is 1.04 bits per heavy atom. The number of rotatable bonds is 9. The number of amides is 1. The highest BCUT2D eigenvalue weighted by Gasteiger charge is 2.20. The van der Waals surface area contributed by atoms with Gasteiger partial charge >= 0.3 is 12.1 Å². The number of hydrogen-bond acceptors (Lipinski definition) is 6. The number of carbonyl (C=O) groups excluding carboxylic acids is 2. The Bertz CT molecular complexity index is 393. The molecule has 24 heavy (non-hydrogen) atoms. The molecule has 0 rings (SSSR count). The zero-order chi connectivity index (χ0) is 18.8. The molecule has 0 spiro atoms. The first-order chi connectivity index (χ1) is 10.9. The van der Waals surface area contributed by atoms with Gasteiger partial charge in [0.1, 0.15) is 12.7 Å². The molecule has 0 unspecified atom stereocenters. The lowest BCUT2D eigenvalue weighted by atomic mass is 10.1. The molecule has 0 aliphatic rings. The van der Waals surface area contributed by atoms with Crippen molar-refractivity contribution in [3.8, 4) is 0 Å². The predicted molar refractivity (Wildman–Crippen MR) is 94.9 cm³/mol. The molecular formula is C17H33N3O4. The lowest BCUT2D eigenvalue weighted by Crippen LogP contribution is -2.49. The van der Waals surface area contributed by atoms with Crippen molar-refractivity contribution in [3.05, 3.63) is 12.7 Å². The van der Waals surface area contributed by atoms with Gasteiger partial charge in [-0.25, -0.2) is 9.59 Å². The third-order valence-electron chi connectivity index (χ3n) is 2.78. The van der Waals surface area contributed by atoms with Crippen LogP contribution in [0.5, 0.6) is 0 Å². The van der Waals surface area contributed by atoms with Gasteiger partial charge in [-0.2, -0.15) is 0 Å². The Balaban J connectivity index is 4.32. The standard InChI is InChI=1S/C17H33N3O4/c1-8-14(21)23-10-9-18-15(22)24-13(11-19-16(2,3)4)12-20-17(5,6)7/h8,13,19-20H,1,9-12H2,2-7H3,(H,18,22). The lowest BCUT2D eigenvalue weighted by Gasteiger charge is -2.28. The van der Waals surface area contributed by atoms with E-state index < -0.39 is 12.1 Å². The van der Waals surface area contributed by atoms with Gasteiger partial charge in [-0.15, -0.1) is 0 Å². The van der Waals surface area contributed by atoms with Crippen LogP contribution in [-0.2, 0) is 14.3 Å². The summed E-state index contributed by atoms with van der Waals surface area (Å²) in [5.74, 6) is -0.521. The van der Waals surface area contributed by atoms with Crippen molar-refractivity contribution < 1.29 is 19.1 Å². The maximum Gasteiger partial charge on any atom is 0.407 e. The Morgan fingerprint density at radius 2 is 1.54 bits per heavy atom. The van der Waals surface area contributed by atoms with Crippen LogP contribution in [-0.4, -0.2) is 55.5 Å². The van der Waals surface area contributed by atoms with E-state index in [2.05, 4.69) is 64.1 Å². The molecule has 140 valence electrons. The average Bonchev–Trinajstić information content (AvgIpc) is 2.44. The third-order valence-corrected chi connectivity index (χ3v) is 2.78. The maximum absolute atomic E-state index is 11.9. The number of alkyl carbamates (subject to hydrolysis) is 1. The van der Waals surface area contributed by atoms with E-state index in [0.717, 1.165) is 6.08 Å². The lowest BCUT2D eigenvalue weighted by molar-refractivity contribution is -0.137. The Morgan fingerprint density at radius 3 is 1.96 bits per heavy atom. The second-order valence-corrected chi connectivity index (χ2v) is 7.59. The fraction of sp³-hybridized carbons (Fsp3) is 0.765. The van der Waals surface area contributed by atoms with E-state index >= 15 is 0 Å². The van der Waals surface area contributed by atoms with Crippen molar-refractivity contribution in [2.75, 3.05) is 26.2 Å². The summed E-state index contributed by atoms with van der Waals surface area (Å²) in [5.41, 5.74) is -0.141. The first-order valence-corrected chi connectivity index (χ1v) is 8.16. The van der Waals surface area contributed by atoms with Gasteiger partial charge in [0, 0.05) is 30.2 Å². The van der Waals surface area contributed by atoms with Gasteiger partial charge in [-0.1, -0.05) is 6.58 Å². The number of carbonyl (C=O) groups is 2. The van der Waals surface area contributed by atoms with Gasteiger partial charge in [-0.05, 0) is 41.5 Å². The minimum atomic E-state index is -0.541. The molecule has 0 fully saturated rings. The second-order valence-electron chi connectivity index (χ2n) is 7.59. The maximum atomic E-state index is 11.9. The third kappa shape index (κ3) is 14.0. The summed E-state index contributed by atoms with van der Waals surface area (Å²) >= 11 is 0. The van der Waals surface area contributed by atoms with Crippen LogP contribution < -0.4 is 16.0 Å². The van der Waals surface area contributed by atoms with Gasteiger partial charge in [0.15, 0.2) is 0 Å². The van der Waals surface area contributed by atoms with Crippen LogP contribution in [0.2, 0.25) is 0 Å². The zero-order valence-corrected chi connectivity index (χ0v) is 15.8. The van der Waals surface area contributed by atoms with Crippen LogP contribution in [0.25, 0.3) is 0 Å². The molecule has 0 atom stereocenters. The first-order valence-electron chi connectivity index (χ1n) is 8.16. The van der Waals surface area contributed by atoms with Crippen LogP contribution in [0.15, 0.2) is 12.7 Å². The molecule has 0 saturated heterocycles. The van der Waals surface area contributed by atoms with Crippen molar-refractivity contribution in [1.29, 1.82) is 0 Å². The van der Waals surface area contributed by atoms with E-state index in [4.69, 9.17) is 9.47 Å². The topological polar surface area (TPSA) is 88.7 Å². The van der Waals surface area contributed by atoms with Crippen molar-refractivity contribution in [3.63, 3.8) is 0 Å². The summed E-state index contributed by atoms with van der Waals surface area (Å²) in [4.78, 5) is 22.8. The highest BCUT2D eigenvalue weighted by molar-refractivity contribution is 5.81. The van der Waals surface area contributed by atoms with Crippen LogP contribution >= 0.6 is 0 Å². The minimum Gasteiger partial charge on any atom is -0.461 e. The molecule has 0 bridgehead atoms. The van der Waals surface area contributed by atoms with Gasteiger partial charge in [0.25, 0.3) is 0 Å². The molecule has 0 aromatic carbocycles. The van der Waals surface area contributed by atoms with E-state index in [0.29, 0.717) is 13.1 Å². The molecule has 7 nitrogen and oxygen atoms in total. The van der Waals surface area contributed by atoms with Gasteiger partial charge in [0.05, 0.1) is 6.54 Å². The Kier molecular flexibility index (Phi) is 9.62.